The Kier molecular flexibility index (Phi) is 5.41. The van der Waals surface area contributed by atoms with Crippen molar-refractivity contribution >= 4 is 10.0 Å². The second kappa shape index (κ2) is 6.16. The number of nitrogens with one attached hydrogen (secondary N) is 1. The number of hydrogen-bond donors (Lipinski definition) is 2. The Bertz CT molecular complexity index is 317. The standard InChI is InChI=1S/C12H26N2O2S/c1-11(2)17(15,16)14-12(10-13)8-6-4-3-5-7-9-12/h11,14H,3-10,13H2,1-2H3. The molecule has 1 aliphatic carbocycles. The maximum Gasteiger partial charge on any atom is 0.214 e. The van der Waals surface area contributed by atoms with Gasteiger partial charge in [0.1, 0.15) is 0 Å². The van der Waals surface area contributed by atoms with E-state index < -0.39 is 20.8 Å². The molecule has 1 aliphatic rings. The minimum Gasteiger partial charge on any atom is -0.329 e. The van der Waals surface area contributed by atoms with Crippen molar-refractivity contribution < 1.29 is 8.42 Å². The predicted molar refractivity (Wildman–Crippen MR) is 71.3 cm³/mol. The maximum atomic E-state index is 12.0. The zero-order valence-corrected chi connectivity index (χ0v) is 11.9. The minimum atomic E-state index is -3.23. The van der Waals surface area contributed by atoms with E-state index in [0.29, 0.717) is 6.54 Å². The summed E-state index contributed by atoms with van der Waals surface area (Å²) in [6.07, 6.45) is 7.51. The summed E-state index contributed by atoms with van der Waals surface area (Å²) in [5.41, 5.74) is 5.44. The molecule has 4 nitrogen and oxygen atoms in total. The van der Waals surface area contributed by atoms with Gasteiger partial charge >= 0.3 is 0 Å². The number of hydrogen-bond acceptors (Lipinski definition) is 3. The molecule has 0 aromatic heterocycles. The number of sulfonamides is 1. The fraction of sp³-hybridized carbons (Fsp3) is 1.00. The molecule has 0 aliphatic heterocycles. The van der Waals surface area contributed by atoms with Crippen LogP contribution in [0.2, 0.25) is 0 Å². The highest BCUT2D eigenvalue weighted by molar-refractivity contribution is 7.90. The maximum absolute atomic E-state index is 12.0. The predicted octanol–water partition coefficient (Wildman–Crippen LogP) is 1.76. The summed E-state index contributed by atoms with van der Waals surface area (Å²) in [7, 11) is -3.23. The van der Waals surface area contributed by atoms with Crippen molar-refractivity contribution in [2.24, 2.45) is 5.73 Å². The second-order valence-corrected chi connectivity index (χ2v) is 7.68. The lowest BCUT2D eigenvalue weighted by Crippen LogP contribution is -2.55. The largest absolute Gasteiger partial charge is 0.329 e. The number of nitrogens with two attached hydrogens (primary N) is 1. The Morgan fingerprint density at radius 3 is 2.00 bits per heavy atom. The van der Waals surface area contributed by atoms with E-state index in [9.17, 15) is 8.42 Å². The van der Waals surface area contributed by atoms with Crippen molar-refractivity contribution in [1.29, 1.82) is 0 Å². The minimum absolute atomic E-state index is 0.392. The first kappa shape index (κ1) is 14.9. The molecule has 1 fully saturated rings. The van der Waals surface area contributed by atoms with Gasteiger partial charge in [0.15, 0.2) is 0 Å². The van der Waals surface area contributed by atoms with E-state index in [1.165, 1.54) is 19.3 Å². The molecule has 0 aromatic rings. The van der Waals surface area contributed by atoms with Gasteiger partial charge in [0, 0.05) is 12.1 Å². The fourth-order valence-electron chi connectivity index (χ4n) is 2.35. The van der Waals surface area contributed by atoms with Crippen LogP contribution in [0, 0.1) is 0 Å². The van der Waals surface area contributed by atoms with Crippen molar-refractivity contribution in [1.82, 2.24) is 4.72 Å². The lowest BCUT2D eigenvalue weighted by atomic mass is 9.85. The molecule has 0 unspecified atom stereocenters. The molecule has 0 bridgehead atoms. The molecule has 17 heavy (non-hydrogen) atoms. The lowest BCUT2D eigenvalue weighted by Gasteiger charge is -2.35. The summed E-state index contributed by atoms with van der Waals surface area (Å²) in [6, 6.07) is 0. The lowest BCUT2D eigenvalue weighted by molar-refractivity contribution is 0.295. The summed E-state index contributed by atoms with van der Waals surface area (Å²) in [5, 5.41) is -0.392. The molecule has 1 rings (SSSR count). The molecule has 0 aromatic carbocycles. The van der Waals surface area contributed by atoms with Crippen molar-refractivity contribution in [3.05, 3.63) is 0 Å². The van der Waals surface area contributed by atoms with Gasteiger partial charge in [0.05, 0.1) is 5.25 Å². The molecule has 0 heterocycles. The van der Waals surface area contributed by atoms with Crippen LogP contribution >= 0.6 is 0 Å². The Balaban J connectivity index is 2.79. The van der Waals surface area contributed by atoms with Gasteiger partial charge in [-0.1, -0.05) is 32.1 Å². The molecule has 3 N–H and O–H groups in total. The van der Waals surface area contributed by atoms with Crippen LogP contribution in [-0.4, -0.2) is 25.8 Å². The summed E-state index contributed by atoms with van der Waals surface area (Å²) in [4.78, 5) is 0. The zero-order valence-electron chi connectivity index (χ0n) is 11.0. The molecule has 0 saturated heterocycles. The highest BCUT2D eigenvalue weighted by atomic mass is 32.2. The van der Waals surface area contributed by atoms with Crippen LogP contribution in [0.1, 0.15) is 58.8 Å². The summed E-state index contributed by atoms with van der Waals surface area (Å²) < 4.78 is 26.9. The SMILES string of the molecule is CC(C)S(=O)(=O)NC1(CN)CCCCCCC1. The summed E-state index contributed by atoms with van der Waals surface area (Å²) in [6.45, 7) is 3.81. The van der Waals surface area contributed by atoms with Crippen LogP contribution < -0.4 is 10.5 Å². The van der Waals surface area contributed by atoms with E-state index in [1.807, 2.05) is 0 Å². The van der Waals surface area contributed by atoms with Gasteiger partial charge in [-0.05, 0) is 26.7 Å². The van der Waals surface area contributed by atoms with E-state index in [4.69, 9.17) is 5.73 Å². The Hall–Kier alpha value is -0.130. The first-order valence-corrected chi connectivity index (χ1v) is 8.19. The molecular weight excluding hydrogens is 236 g/mol. The monoisotopic (exact) mass is 262 g/mol. The first-order valence-electron chi connectivity index (χ1n) is 6.65. The van der Waals surface area contributed by atoms with Gasteiger partial charge in [-0.2, -0.15) is 0 Å². The molecule has 0 amide bonds. The van der Waals surface area contributed by atoms with E-state index in [1.54, 1.807) is 13.8 Å². The van der Waals surface area contributed by atoms with Crippen molar-refractivity contribution in [3.63, 3.8) is 0 Å². The normalized spacial score (nSPS) is 22.1. The zero-order chi connectivity index (χ0) is 12.9. The smallest absolute Gasteiger partial charge is 0.214 e. The van der Waals surface area contributed by atoms with Crippen molar-refractivity contribution in [2.45, 2.75) is 69.6 Å². The van der Waals surface area contributed by atoms with Crippen LogP contribution in [0.25, 0.3) is 0 Å². The van der Waals surface area contributed by atoms with E-state index in [0.717, 1.165) is 25.7 Å². The molecular formula is C12H26N2O2S. The van der Waals surface area contributed by atoms with Gasteiger partial charge in [0.2, 0.25) is 10.0 Å². The Labute approximate surface area is 105 Å². The van der Waals surface area contributed by atoms with Crippen molar-refractivity contribution in [3.8, 4) is 0 Å². The van der Waals surface area contributed by atoms with Gasteiger partial charge in [0.25, 0.3) is 0 Å². The van der Waals surface area contributed by atoms with E-state index >= 15 is 0 Å². The van der Waals surface area contributed by atoms with Crippen LogP contribution in [-0.2, 0) is 10.0 Å². The van der Waals surface area contributed by atoms with E-state index in [2.05, 4.69) is 4.72 Å². The second-order valence-electron chi connectivity index (χ2n) is 5.45. The number of rotatable bonds is 4. The Morgan fingerprint density at radius 1 is 1.12 bits per heavy atom. The highest BCUT2D eigenvalue weighted by Crippen LogP contribution is 2.26. The molecule has 1 saturated carbocycles. The van der Waals surface area contributed by atoms with Gasteiger partial charge < -0.3 is 5.73 Å². The topological polar surface area (TPSA) is 72.2 Å². The van der Waals surface area contributed by atoms with Crippen molar-refractivity contribution in [2.75, 3.05) is 6.54 Å². The Morgan fingerprint density at radius 2 is 1.59 bits per heavy atom. The third kappa shape index (κ3) is 4.23. The van der Waals surface area contributed by atoms with Crippen LogP contribution in [0.5, 0.6) is 0 Å². The van der Waals surface area contributed by atoms with Gasteiger partial charge in [-0.25, -0.2) is 13.1 Å². The summed E-state index contributed by atoms with van der Waals surface area (Å²) in [5.74, 6) is 0. The van der Waals surface area contributed by atoms with Crippen LogP contribution in [0.15, 0.2) is 0 Å². The van der Waals surface area contributed by atoms with E-state index in [-0.39, 0.29) is 0 Å². The van der Waals surface area contributed by atoms with Gasteiger partial charge in [-0.3, -0.25) is 0 Å². The molecule has 5 heteroatoms. The average Bonchev–Trinajstić information content (AvgIpc) is 2.22. The third-order valence-corrected chi connectivity index (χ3v) is 5.64. The highest BCUT2D eigenvalue weighted by Gasteiger charge is 2.34. The quantitative estimate of drug-likeness (QED) is 0.811. The summed E-state index contributed by atoms with van der Waals surface area (Å²) >= 11 is 0. The van der Waals surface area contributed by atoms with Crippen LogP contribution in [0.3, 0.4) is 0 Å². The molecule has 0 radical (unpaired) electrons. The molecule has 0 atom stereocenters. The van der Waals surface area contributed by atoms with Crippen LogP contribution in [0.4, 0.5) is 0 Å². The molecule has 0 spiro atoms. The first-order chi connectivity index (χ1) is 7.92. The molecule has 102 valence electrons. The van der Waals surface area contributed by atoms with Gasteiger partial charge in [-0.15, -0.1) is 0 Å². The fourth-order valence-corrected chi connectivity index (χ4v) is 3.48. The third-order valence-electron chi connectivity index (χ3n) is 3.68. The average molecular weight is 262 g/mol.